The summed E-state index contributed by atoms with van der Waals surface area (Å²) in [6.07, 6.45) is 16.3. The van der Waals surface area contributed by atoms with Crippen molar-refractivity contribution in [1.29, 1.82) is 0 Å². The maximum Gasteiger partial charge on any atom is 0.298 e. The van der Waals surface area contributed by atoms with E-state index in [9.17, 15) is 4.79 Å². The Morgan fingerprint density at radius 3 is 2.03 bits per heavy atom. The predicted octanol–water partition coefficient (Wildman–Crippen LogP) is 8.41. The van der Waals surface area contributed by atoms with Crippen LogP contribution >= 0.6 is 11.8 Å². The van der Waals surface area contributed by atoms with Crippen LogP contribution in [0.5, 0.6) is 5.75 Å². The molecule has 4 nitrogen and oxygen atoms in total. The normalized spacial score (nSPS) is 14.4. The monoisotopic (exact) mass is 495 g/mol. The standard InChI is InChI=1S/C17H27NO2S.C9H18.C3H8O/c1-6-8-14(9-7-2)18(4)15-11-17(21-5)13(3)10-16(15)20-12-19;1-3-9(2)7-5-4-6-8-9;1-2-3-4/h10-12,14H,6-9H2,1-5H3;3-8H2,1-2H3;4H,2-3H2,1H3. The Hall–Kier alpha value is -1.20. The second kappa shape index (κ2) is 19.0. The Morgan fingerprint density at radius 1 is 1.09 bits per heavy atom. The lowest BCUT2D eigenvalue weighted by Crippen LogP contribution is -2.31. The van der Waals surface area contributed by atoms with E-state index in [2.05, 4.69) is 52.0 Å². The minimum atomic E-state index is 0.319. The van der Waals surface area contributed by atoms with Gasteiger partial charge in [-0.15, -0.1) is 11.8 Å². The van der Waals surface area contributed by atoms with Crippen molar-refractivity contribution in [3.05, 3.63) is 17.7 Å². The van der Waals surface area contributed by atoms with Gasteiger partial charge in [-0.1, -0.05) is 73.1 Å². The van der Waals surface area contributed by atoms with Gasteiger partial charge in [-0.2, -0.15) is 0 Å². The van der Waals surface area contributed by atoms with Crippen molar-refractivity contribution in [2.75, 3.05) is 24.8 Å². The van der Waals surface area contributed by atoms with Gasteiger partial charge in [-0.25, -0.2) is 0 Å². The molecule has 1 saturated carbocycles. The highest BCUT2D eigenvalue weighted by molar-refractivity contribution is 7.98. The number of benzene rings is 1. The van der Waals surface area contributed by atoms with Crippen LogP contribution in [0.15, 0.2) is 17.0 Å². The lowest BCUT2D eigenvalue weighted by atomic mass is 9.74. The largest absolute Gasteiger partial charge is 0.427 e. The van der Waals surface area contributed by atoms with Crippen molar-refractivity contribution in [3.63, 3.8) is 0 Å². The molecule has 0 bridgehead atoms. The van der Waals surface area contributed by atoms with E-state index >= 15 is 0 Å². The van der Waals surface area contributed by atoms with Crippen molar-refractivity contribution in [2.45, 2.75) is 123 Å². The highest BCUT2D eigenvalue weighted by atomic mass is 32.2. The number of aryl methyl sites for hydroxylation is 1. The van der Waals surface area contributed by atoms with Crippen LogP contribution in [-0.2, 0) is 4.79 Å². The molecule has 0 amide bonds. The second-order valence-corrected chi connectivity index (χ2v) is 10.6. The smallest absolute Gasteiger partial charge is 0.298 e. The number of aliphatic hydroxyl groups is 1. The molecule has 0 atom stereocenters. The maximum absolute atomic E-state index is 10.8. The minimum absolute atomic E-state index is 0.319. The summed E-state index contributed by atoms with van der Waals surface area (Å²) in [4.78, 5) is 14.3. The Labute approximate surface area is 215 Å². The number of nitrogens with zero attached hydrogens (tertiary/aromatic N) is 1. The zero-order valence-electron chi connectivity index (χ0n) is 23.4. The van der Waals surface area contributed by atoms with Crippen molar-refractivity contribution in [2.24, 2.45) is 5.41 Å². The third-order valence-electron chi connectivity index (χ3n) is 6.96. The summed E-state index contributed by atoms with van der Waals surface area (Å²) >= 11 is 1.72. The number of rotatable bonds is 11. The fraction of sp³-hybridized carbons (Fsp3) is 0.759. The molecule has 1 fully saturated rings. The maximum atomic E-state index is 10.8. The first-order valence-corrected chi connectivity index (χ1v) is 14.6. The first-order valence-electron chi connectivity index (χ1n) is 13.4. The van der Waals surface area contributed by atoms with Gasteiger partial charge in [0.05, 0.1) is 5.69 Å². The summed E-state index contributed by atoms with van der Waals surface area (Å²) in [5.74, 6) is 0.653. The van der Waals surface area contributed by atoms with Gasteiger partial charge in [0.1, 0.15) is 0 Å². The van der Waals surface area contributed by atoms with E-state index in [1.165, 1.54) is 43.4 Å². The lowest BCUT2D eigenvalue weighted by Gasteiger charge is -2.32. The van der Waals surface area contributed by atoms with E-state index in [0.717, 1.165) is 48.8 Å². The van der Waals surface area contributed by atoms with E-state index in [1.54, 1.807) is 11.8 Å². The summed E-state index contributed by atoms with van der Waals surface area (Å²) in [6.45, 7) is 14.0. The van der Waals surface area contributed by atoms with Crippen LogP contribution in [0.4, 0.5) is 5.69 Å². The van der Waals surface area contributed by atoms with Crippen molar-refractivity contribution in [1.82, 2.24) is 0 Å². The van der Waals surface area contributed by atoms with Crippen molar-refractivity contribution < 1.29 is 14.6 Å². The molecule has 0 aromatic heterocycles. The third-order valence-corrected chi connectivity index (χ3v) is 7.84. The van der Waals surface area contributed by atoms with Crippen molar-refractivity contribution >= 4 is 23.9 Å². The van der Waals surface area contributed by atoms with Crippen molar-refractivity contribution in [3.8, 4) is 5.75 Å². The number of aliphatic hydroxyl groups excluding tert-OH is 1. The Balaban J connectivity index is 0.000000685. The molecule has 2 rings (SSSR count). The first-order chi connectivity index (χ1) is 16.3. The summed E-state index contributed by atoms with van der Waals surface area (Å²) < 4.78 is 5.21. The molecule has 1 N–H and O–H groups in total. The van der Waals surface area contributed by atoms with Gasteiger partial charge < -0.3 is 14.7 Å². The predicted molar refractivity (Wildman–Crippen MR) is 151 cm³/mol. The Bertz CT molecular complexity index is 651. The average molecular weight is 496 g/mol. The van der Waals surface area contributed by atoms with E-state index in [1.807, 2.05) is 19.9 Å². The SMILES string of the molecule is CCC1(C)CCCCC1.CCCC(CCC)N(C)c1cc(SC)c(C)cc1OC=O.CCCO. The quantitative estimate of drug-likeness (QED) is 0.247. The first kappa shape index (κ1) is 32.8. The molecule has 198 valence electrons. The highest BCUT2D eigenvalue weighted by Gasteiger charge is 2.23. The number of thioether (sulfide) groups is 1. The fourth-order valence-electron chi connectivity index (χ4n) is 4.45. The van der Waals surface area contributed by atoms with Gasteiger partial charge >= 0.3 is 0 Å². The Morgan fingerprint density at radius 2 is 1.65 bits per heavy atom. The average Bonchev–Trinajstić information content (AvgIpc) is 2.85. The molecule has 1 aromatic rings. The van der Waals surface area contributed by atoms with Crippen LogP contribution in [0.25, 0.3) is 0 Å². The van der Waals surface area contributed by atoms with Crippen LogP contribution in [0.1, 0.15) is 111 Å². The summed E-state index contributed by atoms with van der Waals surface area (Å²) in [7, 11) is 2.10. The third kappa shape index (κ3) is 12.0. The molecule has 0 heterocycles. The van der Waals surface area contributed by atoms with Crippen LogP contribution in [0, 0.1) is 12.3 Å². The molecule has 1 aliphatic rings. The summed E-state index contributed by atoms with van der Waals surface area (Å²) in [6, 6.07) is 4.57. The molecule has 1 aromatic carbocycles. The van der Waals surface area contributed by atoms with E-state index in [0.29, 0.717) is 24.9 Å². The molecule has 1 aliphatic carbocycles. The molecule has 0 spiro atoms. The molecular weight excluding hydrogens is 442 g/mol. The lowest BCUT2D eigenvalue weighted by molar-refractivity contribution is -0.120. The van der Waals surface area contributed by atoms with Gasteiger partial charge in [0.25, 0.3) is 6.47 Å². The highest BCUT2D eigenvalue weighted by Crippen LogP contribution is 2.38. The van der Waals surface area contributed by atoms with E-state index in [-0.39, 0.29) is 0 Å². The molecule has 0 saturated heterocycles. The van der Waals surface area contributed by atoms with Crippen LogP contribution < -0.4 is 9.64 Å². The number of hydrogen-bond donors (Lipinski definition) is 1. The number of carbonyl (C=O) groups is 1. The molecule has 0 unspecified atom stereocenters. The van der Waals surface area contributed by atoms with Gasteiger partial charge in [0.2, 0.25) is 0 Å². The number of ether oxygens (including phenoxy) is 1. The van der Waals surface area contributed by atoms with E-state index in [4.69, 9.17) is 9.84 Å². The zero-order valence-corrected chi connectivity index (χ0v) is 24.2. The number of anilines is 1. The zero-order chi connectivity index (χ0) is 26.0. The van der Waals surface area contributed by atoms with Crippen LogP contribution in [-0.4, -0.2) is 37.5 Å². The summed E-state index contributed by atoms with van der Waals surface area (Å²) in [5.41, 5.74) is 2.86. The van der Waals surface area contributed by atoms with Gasteiger partial charge in [0, 0.05) is 24.6 Å². The summed E-state index contributed by atoms with van der Waals surface area (Å²) in [5, 5.41) is 7.88. The van der Waals surface area contributed by atoms with E-state index < -0.39 is 0 Å². The molecular formula is C29H53NO3S. The minimum Gasteiger partial charge on any atom is -0.427 e. The van der Waals surface area contributed by atoms with Gasteiger partial charge in [-0.05, 0) is 68.4 Å². The Kier molecular flexibility index (Phi) is 18.4. The number of hydrogen-bond acceptors (Lipinski definition) is 5. The van der Waals surface area contributed by atoms with Crippen LogP contribution in [0.2, 0.25) is 0 Å². The second-order valence-electron chi connectivity index (χ2n) is 9.79. The van der Waals surface area contributed by atoms with Gasteiger partial charge in [-0.3, -0.25) is 4.79 Å². The van der Waals surface area contributed by atoms with Gasteiger partial charge in [0.15, 0.2) is 5.75 Å². The fourth-order valence-corrected chi connectivity index (χ4v) is 5.06. The molecule has 34 heavy (non-hydrogen) atoms. The molecule has 0 aliphatic heterocycles. The molecule has 5 heteroatoms. The topological polar surface area (TPSA) is 49.8 Å². The molecule has 0 radical (unpaired) electrons. The van der Waals surface area contributed by atoms with Crippen LogP contribution in [0.3, 0.4) is 0 Å². The number of carbonyl (C=O) groups excluding carboxylic acids is 1.